The first kappa shape index (κ1) is 15.8. The summed E-state index contributed by atoms with van der Waals surface area (Å²) in [7, 11) is 0. The highest BCUT2D eigenvalue weighted by Gasteiger charge is 2.45. The summed E-state index contributed by atoms with van der Waals surface area (Å²) in [4.78, 5) is 25.8. The van der Waals surface area contributed by atoms with Crippen molar-refractivity contribution in [1.29, 1.82) is 0 Å². The van der Waals surface area contributed by atoms with Gasteiger partial charge in [-0.15, -0.1) is 13.2 Å². The number of rotatable bonds is 2. The molecule has 1 aliphatic carbocycles. The Labute approximate surface area is 131 Å². The average molecular weight is 327 g/mol. The third-order valence-electron chi connectivity index (χ3n) is 4.54. The molecule has 1 heterocycles. The Morgan fingerprint density at radius 1 is 0.957 bits per heavy atom. The monoisotopic (exact) mass is 327 g/mol. The van der Waals surface area contributed by atoms with Gasteiger partial charge in [-0.1, -0.05) is 12.8 Å². The van der Waals surface area contributed by atoms with E-state index in [1.165, 1.54) is 12.1 Å². The van der Waals surface area contributed by atoms with Crippen LogP contribution in [0, 0.1) is 5.41 Å². The highest BCUT2D eigenvalue weighted by molar-refractivity contribution is 6.17. The number of nitrogens with zero attached hydrogens (tertiary/aromatic N) is 1. The Bertz CT molecular complexity index is 598. The maximum absolute atomic E-state index is 12.4. The van der Waals surface area contributed by atoms with Crippen molar-refractivity contribution in [2.24, 2.45) is 5.41 Å². The minimum atomic E-state index is -4.77. The van der Waals surface area contributed by atoms with Crippen LogP contribution < -0.4 is 9.64 Å². The van der Waals surface area contributed by atoms with E-state index in [-0.39, 0.29) is 28.7 Å². The van der Waals surface area contributed by atoms with Gasteiger partial charge < -0.3 is 4.74 Å². The predicted octanol–water partition coefficient (Wildman–Crippen LogP) is 3.80. The van der Waals surface area contributed by atoms with E-state index in [9.17, 15) is 22.8 Å². The highest BCUT2D eigenvalue weighted by atomic mass is 19.4. The molecule has 1 saturated heterocycles. The Hall–Kier alpha value is -2.05. The molecule has 1 aromatic carbocycles. The van der Waals surface area contributed by atoms with Crippen LogP contribution in [0.2, 0.25) is 0 Å². The molecule has 0 radical (unpaired) electrons. The Balaban J connectivity index is 1.76. The number of alkyl halides is 3. The van der Waals surface area contributed by atoms with Gasteiger partial charge in [0, 0.05) is 12.8 Å². The van der Waals surface area contributed by atoms with E-state index in [0.717, 1.165) is 42.7 Å². The minimum absolute atomic E-state index is 0.204. The van der Waals surface area contributed by atoms with Crippen LogP contribution >= 0.6 is 0 Å². The summed E-state index contributed by atoms with van der Waals surface area (Å²) in [6.45, 7) is 0. The second-order valence-electron chi connectivity index (χ2n) is 6.23. The molecule has 1 spiro atoms. The lowest BCUT2D eigenvalue weighted by atomic mass is 9.76. The predicted molar refractivity (Wildman–Crippen MR) is 75.8 cm³/mol. The number of hydrogen-bond acceptors (Lipinski definition) is 3. The molecule has 0 bridgehead atoms. The summed E-state index contributed by atoms with van der Waals surface area (Å²) in [6, 6.07) is 4.79. The molecule has 0 unspecified atom stereocenters. The van der Waals surface area contributed by atoms with Crippen molar-refractivity contribution < 1.29 is 27.5 Å². The largest absolute Gasteiger partial charge is 0.573 e. The standard InChI is InChI=1S/C16H16F3NO3/c17-16(18,19)23-12-5-3-11(4-6-12)20-13(21)9-15(10-14(20)22)7-1-2-8-15/h3-6H,1-2,7-10H2. The lowest BCUT2D eigenvalue weighted by Crippen LogP contribution is -2.47. The maximum atomic E-state index is 12.4. The number of ether oxygens (including phenoxy) is 1. The first-order valence-corrected chi connectivity index (χ1v) is 7.50. The molecule has 1 aromatic rings. The lowest BCUT2D eigenvalue weighted by Gasteiger charge is -2.37. The second kappa shape index (κ2) is 5.54. The van der Waals surface area contributed by atoms with Gasteiger partial charge in [0.15, 0.2) is 0 Å². The van der Waals surface area contributed by atoms with E-state index in [2.05, 4.69) is 4.74 Å². The van der Waals surface area contributed by atoms with Crippen LogP contribution in [0.3, 0.4) is 0 Å². The van der Waals surface area contributed by atoms with Crippen LogP contribution in [0.25, 0.3) is 0 Å². The Morgan fingerprint density at radius 2 is 1.48 bits per heavy atom. The van der Waals surface area contributed by atoms with Crippen molar-refractivity contribution in [1.82, 2.24) is 0 Å². The molecule has 0 atom stereocenters. The molecule has 23 heavy (non-hydrogen) atoms. The van der Waals surface area contributed by atoms with E-state index in [1.807, 2.05) is 0 Å². The third-order valence-corrected chi connectivity index (χ3v) is 4.54. The number of benzene rings is 1. The molecule has 2 aliphatic rings. The molecule has 4 nitrogen and oxygen atoms in total. The molecule has 3 rings (SSSR count). The van der Waals surface area contributed by atoms with Crippen LogP contribution in [-0.4, -0.2) is 18.2 Å². The number of anilines is 1. The summed E-state index contributed by atoms with van der Waals surface area (Å²) in [6.07, 6.45) is -0.298. The summed E-state index contributed by atoms with van der Waals surface area (Å²) < 4.78 is 40.2. The molecule has 1 saturated carbocycles. The number of imide groups is 1. The molecule has 0 N–H and O–H groups in total. The summed E-state index contributed by atoms with van der Waals surface area (Å²) in [5.74, 6) is -0.953. The minimum Gasteiger partial charge on any atom is -0.406 e. The zero-order valence-corrected chi connectivity index (χ0v) is 12.4. The van der Waals surface area contributed by atoms with Crippen molar-refractivity contribution in [2.45, 2.75) is 44.9 Å². The average Bonchev–Trinajstić information content (AvgIpc) is 2.86. The first-order valence-electron chi connectivity index (χ1n) is 7.50. The topological polar surface area (TPSA) is 46.6 Å². The summed E-state index contributed by atoms with van der Waals surface area (Å²) >= 11 is 0. The number of halogens is 3. The van der Waals surface area contributed by atoms with Crippen molar-refractivity contribution in [2.75, 3.05) is 4.90 Å². The number of hydrogen-bond donors (Lipinski definition) is 0. The van der Waals surface area contributed by atoms with Gasteiger partial charge in [0.25, 0.3) is 0 Å². The number of carbonyl (C=O) groups is 2. The molecule has 2 fully saturated rings. The van der Waals surface area contributed by atoms with Gasteiger partial charge >= 0.3 is 6.36 Å². The fraction of sp³-hybridized carbons (Fsp3) is 0.500. The van der Waals surface area contributed by atoms with Crippen molar-refractivity contribution in [3.8, 4) is 5.75 Å². The normalized spacial score (nSPS) is 21.1. The van der Waals surface area contributed by atoms with Gasteiger partial charge in [0.2, 0.25) is 11.8 Å². The Morgan fingerprint density at radius 3 is 1.96 bits per heavy atom. The van der Waals surface area contributed by atoms with Gasteiger partial charge in [0.1, 0.15) is 5.75 Å². The van der Waals surface area contributed by atoms with Crippen molar-refractivity contribution in [3.63, 3.8) is 0 Å². The Kier molecular flexibility index (Phi) is 3.82. The van der Waals surface area contributed by atoms with E-state index < -0.39 is 6.36 Å². The molecular formula is C16H16F3NO3. The zero-order chi connectivity index (χ0) is 16.7. The van der Waals surface area contributed by atoms with Gasteiger partial charge in [-0.3, -0.25) is 14.5 Å². The maximum Gasteiger partial charge on any atom is 0.573 e. The number of piperidine rings is 1. The fourth-order valence-corrected chi connectivity index (χ4v) is 3.56. The quantitative estimate of drug-likeness (QED) is 0.776. The van der Waals surface area contributed by atoms with Crippen LogP contribution in [-0.2, 0) is 9.59 Å². The van der Waals surface area contributed by atoms with Gasteiger partial charge in [-0.05, 0) is 42.5 Å². The number of amides is 2. The fourth-order valence-electron chi connectivity index (χ4n) is 3.56. The molecule has 1 aliphatic heterocycles. The summed E-state index contributed by atoms with van der Waals surface area (Å²) in [5, 5.41) is 0. The lowest BCUT2D eigenvalue weighted by molar-refractivity contribution is -0.274. The van der Waals surface area contributed by atoms with E-state index in [0.29, 0.717) is 12.8 Å². The zero-order valence-electron chi connectivity index (χ0n) is 12.4. The van der Waals surface area contributed by atoms with Crippen LogP contribution in [0.4, 0.5) is 18.9 Å². The van der Waals surface area contributed by atoms with Gasteiger partial charge in [0.05, 0.1) is 5.69 Å². The molecule has 0 aromatic heterocycles. The smallest absolute Gasteiger partial charge is 0.406 e. The van der Waals surface area contributed by atoms with Crippen LogP contribution in [0.15, 0.2) is 24.3 Å². The van der Waals surface area contributed by atoms with E-state index in [4.69, 9.17) is 0 Å². The van der Waals surface area contributed by atoms with Crippen molar-refractivity contribution >= 4 is 17.5 Å². The molecule has 124 valence electrons. The third kappa shape index (κ3) is 3.33. The highest BCUT2D eigenvalue weighted by Crippen LogP contribution is 2.47. The van der Waals surface area contributed by atoms with Crippen LogP contribution in [0.1, 0.15) is 38.5 Å². The van der Waals surface area contributed by atoms with Crippen molar-refractivity contribution in [3.05, 3.63) is 24.3 Å². The SMILES string of the molecule is O=C1CC2(CCCC2)CC(=O)N1c1ccc(OC(F)(F)F)cc1. The van der Waals surface area contributed by atoms with Gasteiger partial charge in [-0.2, -0.15) is 0 Å². The molecule has 2 amide bonds. The second-order valence-corrected chi connectivity index (χ2v) is 6.23. The first-order chi connectivity index (χ1) is 10.8. The van der Waals surface area contributed by atoms with E-state index >= 15 is 0 Å². The molecular weight excluding hydrogens is 311 g/mol. The number of carbonyl (C=O) groups excluding carboxylic acids is 2. The molecule has 7 heteroatoms. The van der Waals surface area contributed by atoms with Gasteiger partial charge in [-0.25, -0.2) is 0 Å². The van der Waals surface area contributed by atoms with E-state index in [1.54, 1.807) is 0 Å². The van der Waals surface area contributed by atoms with Crippen LogP contribution in [0.5, 0.6) is 5.75 Å². The summed E-state index contributed by atoms with van der Waals surface area (Å²) in [5.41, 5.74) is 0.0756.